The number of rotatable bonds is 4. The van der Waals surface area contributed by atoms with Gasteiger partial charge in [-0.3, -0.25) is 0 Å². The van der Waals surface area contributed by atoms with E-state index in [0.29, 0.717) is 6.04 Å². The van der Waals surface area contributed by atoms with Crippen molar-refractivity contribution in [3.8, 4) is 5.75 Å². The maximum atomic E-state index is 5.70. The van der Waals surface area contributed by atoms with Crippen molar-refractivity contribution >= 4 is 0 Å². The molecular weight excluding hydrogens is 246 g/mol. The maximum absolute atomic E-state index is 5.70. The first-order valence-corrected chi connectivity index (χ1v) is 7.39. The van der Waals surface area contributed by atoms with Crippen LogP contribution in [0.5, 0.6) is 5.75 Å². The molecule has 1 N–H and O–H groups in total. The highest BCUT2D eigenvalue weighted by atomic mass is 16.5. The number of para-hydroxylation sites is 1. The SMILES string of the molecule is CCc1ccc(CNC2CCOc3ccccc32)cc1. The number of hydrogen-bond donors (Lipinski definition) is 1. The third-order valence-electron chi connectivity index (χ3n) is 3.94. The van der Waals surface area contributed by atoms with Gasteiger partial charge in [0.25, 0.3) is 0 Å². The third kappa shape index (κ3) is 2.86. The molecule has 2 heteroatoms. The molecule has 2 aromatic carbocycles. The molecule has 0 fully saturated rings. The molecule has 0 radical (unpaired) electrons. The molecular formula is C18H21NO. The van der Waals surface area contributed by atoms with Gasteiger partial charge >= 0.3 is 0 Å². The molecule has 0 aromatic heterocycles. The van der Waals surface area contributed by atoms with E-state index in [1.165, 1.54) is 16.7 Å². The number of hydrogen-bond acceptors (Lipinski definition) is 2. The molecule has 0 saturated carbocycles. The summed E-state index contributed by atoms with van der Waals surface area (Å²) in [4.78, 5) is 0. The molecule has 2 aromatic rings. The number of aryl methyl sites for hydroxylation is 1. The van der Waals surface area contributed by atoms with Gasteiger partial charge in [-0.1, -0.05) is 49.4 Å². The first-order chi connectivity index (χ1) is 9.86. The van der Waals surface area contributed by atoms with Gasteiger partial charge in [0.1, 0.15) is 5.75 Å². The van der Waals surface area contributed by atoms with E-state index in [9.17, 15) is 0 Å². The summed E-state index contributed by atoms with van der Waals surface area (Å²) in [7, 11) is 0. The van der Waals surface area contributed by atoms with E-state index >= 15 is 0 Å². The Balaban J connectivity index is 1.66. The Morgan fingerprint density at radius 3 is 2.60 bits per heavy atom. The second kappa shape index (κ2) is 6.10. The van der Waals surface area contributed by atoms with E-state index in [4.69, 9.17) is 4.74 Å². The average molecular weight is 267 g/mol. The zero-order chi connectivity index (χ0) is 13.8. The summed E-state index contributed by atoms with van der Waals surface area (Å²) >= 11 is 0. The Hall–Kier alpha value is -1.80. The second-order valence-corrected chi connectivity index (χ2v) is 5.28. The third-order valence-corrected chi connectivity index (χ3v) is 3.94. The van der Waals surface area contributed by atoms with Gasteiger partial charge in [-0.25, -0.2) is 0 Å². The fraction of sp³-hybridized carbons (Fsp3) is 0.333. The van der Waals surface area contributed by atoms with E-state index in [1.54, 1.807) is 0 Å². The lowest BCUT2D eigenvalue weighted by Crippen LogP contribution is -2.26. The van der Waals surface area contributed by atoms with Crippen molar-refractivity contribution in [2.75, 3.05) is 6.61 Å². The summed E-state index contributed by atoms with van der Waals surface area (Å²) in [5, 5.41) is 3.65. The van der Waals surface area contributed by atoms with Crippen LogP contribution in [0.2, 0.25) is 0 Å². The van der Waals surface area contributed by atoms with Gasteiger partial charge in [0.05, 0.1) is 6.61 Å². The van der Waals surface area contributed by atoms with Crippen LogP contribution in [-0.2, 0) is 13.0 Å². The van der Waals surface area contributed by atoms with Crippen LogP contribution in [0.15, 0.2) is 48.5 Å². The minimum atomic E-state index is 0.394. The Labute approximate surface area is 120 Å². The molecule has 0 aliphatic carbocycles. The summed E-state index contributed by atoms with van der Waals surface area (Å²) in [5.41, 5.74) is 4.01. The standard InChI is InChI=1S/C18H21NO/c1-2-14-7-9-15(10-8-14)13-19-17-11-12-20-18-6-4-3-5-16(17)18/h3-10,17,19H,2,11-13H2,1H3. The monoisotopic (exact) mass is 267 g/mol. The van der Waals surface area contributed by atoms with Crippen LogP contribution in [-0.4, -0.2) is 6.61 Å². The van der Waals surface area contributed by atoms with Gasteiger partial charge in [-0.15, -0.1) is 0 Å². The summed E-state index contributed by atoms with van der Waals surface area (Å²) in [6.45, 7) is 3.89. The fourth-order valence-corrected chi connectivity index (χ4v) is 2.69. The zero-order valence-electron chi connectivity index (χ0n) is 11.9. The first kappa shape index (κ1) is 13.2. The summed E-state index contributed by atoms with van der Waals surface area (Å²) in [6.07, 6.45) is 2.13. The molecule has 0 spiro atoms. The van der Waals surface area contributed by atoms with Crippen molar-refractivity contribution in [1.29, 1.82) is 0 Å². The molecule has 1 aliphatic rings. The van der Waals surface area contributed by atoms with Crippen molar-refractivity contribution in [2.24, 2.45) is 0 Å². The van der Waals surface area contributed by atoms with Crippen LogP contribution in [0.4, 0.5) is 0 Å². The first-order valence-electron chi connectivity index (χ1n) is 7.39. The predicted octanol–water partition coefficient (Wildman–Crippen LogP) is 3.86. The number of fused-ring (bicyclic) bond motifs is 1. The van der Waals surface area contributed by atoms with Crippen molar-refractivity contribution in [3.05, 3.63) is 65.2 Å². The molecule has 1 unspecified atom stereocenters. The lowest BCUT2D eigenvalue weighted by atomic mass is 10.00. The van der Waals surface area contributed by atoms with Crippen LogP contribution in [0.25, 0.3) is 0 Å². The van der Waals surface area contributed by atoms with Crippen LogP contribution in [0.3, 0.4) is 0 Å². The Morgan fingerprint density at radius 2 is 1.80 bits per heavy atom. The predicted molar refractivity (Wildman–Crippen MR) is 82.0 cm³/mol. The van der Waals surface area contributed by atoms with Gasteiger partial charge < -0.3 is 10.1 Å². The van der Waals surface area contributed by atoms with Crippen LogP contribution in [0.1, 0.15) is 36.1 Å². The van der Waals surface area contributed by atoms with Gasteiger partial charge in [-0.2, -0.15) is 0 Å². The molecule has 0 amide bonds. The van der Waals surface area contributed by atoms with Crippen molar-refractivity contribution in [1.82, 2.24) is 5.32 Å². The minimum Gasteiger partial charge on any atom is -0.493 e. The van der Waals surface area contributed by atoms with Crippen molar-refractivity contribution < 1.29 is 4.74 Å². The van der Waals surface area contributed by atoms with Crippen molar-refractivity contribution in [2.45, 2.75) is 32.4 Å². The summed E-state index contributed by atoms with van der Waals surface area (Å²) in [6, 6.07) is 17.6. The smallest absolute Gasteiger partial charge is 0.124 e. The van der Waals surface area contributed by atoms with Gasteiger partial charge in [0.2, 0.25) is 0 Å². The molecule has 1 atom stereocenters. The fourth-order valence-electron chi connectivity index (χ4n) is 2.69. The molecule has 0 bridgehead atoms. The van der Waals surface area contributed by atoms with Gasteiger partial charge in [0, 0.05) is 24.6 Å². The number of benzene rings is 2. The molecule has 20 heavy (non-hydrogen) atoms. The summed E-state index contributed by atoms with van der Waals surface area (Å²) < 4.78 is 5.70. The van der Waals surface area contributed by atoms with Gasteiger partial charge in [-0.05, 0) is 23.6 Å². The van der Waals surface area contributed by atoms with E-state index in [-0.39, 0.29) is 0 Å². The molecule has 2 nitrogen and oxygen atoms in total. The Morgan fingerprint density at radius 1 is 1.05 bits per heavy atom. The average Bonchev–Trinajstić information content (AvgIpc) is 2.53. The maximum Gasteiger partial charge on any atom is 0.124 e. The minimum absolute atomic E-state index is 0.394. The normalized spacial score (nSPS) is 17.4. The lowest BCUT2D eigenvalue weighted by molar-refractivity contribution is 0.252. The molecule has 3 rings (SSSR count). The molecule has 0 saturated heterocycles. The molecule has 104 valence electrons. The van der Waals surface area contributed by atoms with Gasteiger partial charge in [0.15, 0.2) is 0 Å². The molecule has 1 aliphatic heterocycles. The van der Waals surface area contributed by atoms with E-state index in [1.807, 2.05) is 6.07 Å². The number of nitrogens with one attached hydrogen (secondary N) is 1. The largest absolute Gasteiger partial charge is 0.493 e. The second-order valence-electron chi connectivity index (χ2n) is 5.28. The van der Waals surface area contributed by atoms with Crippen LogP contribution < -0.4 is 10.1 Å². The highest BCUT2D eigenvalue weighted by Crippen LogP contribution is 2.31. The van der Waals surface area contributed by atoms with E-state index < -0.39 is 0 Å². The Kier molecular flexibility index (Phi) is 4.03. The quantitative estimate of drug-likeness (QED) is 0.908. The number of ether oxygens (including phenoxy) is 1. The van der Waals surface area contributed by atoms with Crippen molar-refractivity contribution in [3.63, 3.8) is 0 Å². The van der Waals surface area contributed by atoms with Crippen LogP contribution in [0, 0.1) is 0 Å². The van der Waals surface area contributed by atoms with E-state index in [2.05, 4.69) is 54.7 Å². The van der Waals surface area contributed by atoms with E-state index in [0.717, 1.165) is 31.7 Å². The zero-order valence-corrected chi connectivity index (χ0v) is 11.9. The highest BCUT2D eigenvalue weighted by Gasteiger charge is 2.20. The van der Waals surface area contributed by atoms with Crippen LogP contribution >= 0.6 is 0 Å². The topological polar surface area (TPSA) is 21.3 Å². The lowest BCUT2D eigenvalue weighted by Gasteiger charge is -2.26. The summed E-state index contributed by atoms with van der Waals surface area (Å²) in [5.74, 6) is 1.03. The molecule has 1 heterocycles. The Bertz CT molecular complexity index is 562. The highest BCUT2D eigenvalue weighted by molar-refractivity contribution is 5.37.